The number of aryl methyl sites for hydroxylation is 2. The number of likely N-dealkylation sites (tertiary alicyclic amines) is 1. The molecule has 3 aromatic rings. The molecule has 1 spiro atoms. The van der Waals surface area contributed by atoms with Crippen LogP contribution < -0.4 is 4.90 Å². The van der Waals surface area contributed by atoms with E-state index in [1.54, 1.807) is 0 Å². The minimum Gasteiger partial charge on any atom is -0.373 e. The van der Waals surface area contributed by atoms with Gasteiger partial charge in [-0.15, -0.1) is 0 Å². The lowest BCUT2D eigenvalue weighted by atomic mass is 9.79. The largest absolute Gasteiger partial charge is 0.373 e. The van der Waals surface area contributed by atoms with E-state index in [0.717, 1.165) is 77.3 Å². The van der Waals surface area contributed by atoms with Crippen molar-refractivity contribution in [3.8, 4) is 17.2 Å². The normalized spacial score (nSPS) is 20.3. The number of hydrogen-bond acceptors (Lipinski definition) is 6. The molecule has 0 aliphatic carbocycles. The Balaban J connectivity index is 1.51. The molecular weight excluding hydrogens is 452 g/mol. The highest BCUT2D eigenvalue weighted by Gasteiger charge is 2.49. The first-order valence-electron chi connectivity index (χ1n) is 12.5. The molecule has 0 radical (unpaired) electrons. The molecule has 1 amide bonds. The molecule has 2 saturated heterocycles. The summed E-state index contributed by atoms with van der Waals surface area (Å²) in [6.07, 6.45) is 5.01. The lowest BCUT2D eigenvalue weighted by Crippen LogP contribution is -2.59. The Kier molecular flexibility index (Phi) is 5.16. The number of rotatable bonds is 3. The molecule has 6 rings (SSSR count). The molecule has 0 bridgehead atoms. The summed E-state index contributed by atoms with van der Waals surface area (Å²) in [6.45, 7) is 11.3. The van der Waals surface area contributed by atoms with Gasteiger partial charge in [-0.25, -0.2) is 4.98 Å². The van der Waals surface area contributed by atoms with Gasteiger partial charge in [0.05, 0.1) is 30.1 Å². The quantitative estimate of drug-likeness (QED) is 0.531. The molecule has 8 nitrogen and oxygen atoms in total. The number of amides is 1. The van der Waals surface area contributed by atoms with E-state index >= 15 is 0 Å². The Bertz CT molecular complexity index is 1460. The van der Waals surface area contributed by atoms with Gasteiger partial charge in [0.15, 0.2) is 0 Å². The third-order valence-corrected chi connectivity index (χ3v) is 8.11. The van der Waals surface area contributed by atoms with E-state index in [1.165, 1.54) is 6.08 Å². The summed E-state index contributed by atoms with van der Waals surface area (Å²) < 4.78 is 7.96. The smallest absolute Gasteiger partial charge is 0.245 e. The molecule has 5 heterocycles. The fraction of sp³-hybridized carbons (Fsp3) is 0.429. The molecule has 3 aliphatic heterocycles. The fourth-order valence-electron chi connectivity index (χ4n) is 6.26. The van der Waals surface area contributed by atoms with E-state index in [0.29, 0.717) is 18.6 Å². The second-order valence-corrected chi connectivity index (χ2v) is 10.6. The molecule has 8 heteroatoms. The van der Waals surface area contributed by atoms with Crippen LogP contribution in [0, 0.1) is 23.7 Å². The zero-order valence-electron chi connectivity index (χ0n) is 21.0. The number of benzene rings is 1. The first-order valence-corrected chi connectivity index (χ1v) is 12.5. The molecule has 36 heavy (non-hydrogen) atoms. The molecule has 0 saturated carbocycles. The molecule has 3 aliphatic rings. The number of anilines is 1. The van der Waals surface area contributed by atoms with Crippen molar-refractivity contribution < 1.29 is 9.53 Å². The van der Waals surface area contributed by atoms with Crippen molar-refractivity contribution in [1.29, 1.82) is 5.26 Å². The van der Waals surface area contributed by atoms with E-state index in [2.05, 4.69) is 48.6 Å². The van der Waals surface area contributed by atoms with Crippen molar-refractivity contribution in [3.63, 3.8) is 0 Å². The molecule has 2 fully saturated rings. The van der Waals surface area contributed by atoms with Crippen LogP contribution in [0.15, 0.2) is 31.0 Å². The summed E-state index contributed by atoms with van der Waals surface area (Å²) in [7, 11) is 1.95. The van der Waals surface area contributed by atoms with Crippen molar-refractivity contribution in [2.24, 2.45) is 12.5 Å². The number of hydrogen-bond donors (Lipinski definition) is 0. The third kappa shape index (κ3) is 3.34. The van der Waals surface area contributed by atoms with Gasteiger partial charge in [0.25, 0.3) is 0 Å². The molecular formula is C28H30N6O2. The summed E-state index contributed by atoms with van der Waals surface area (Å²) >= 11 is 0. The van der Waals surface area contributed by atoms with Gasteiger partial charge in [0, 0.05) is 67.1 Å². The van der Waals surface area contributed by atoms with Gasteiger partial charge >= 0.3 is 0 Å². The van der Waals surface area contributed by atoms with E-state index < -0.39 is 0 Å². The zero-order chi connectivity index (χ0) is 25.2. The zero-order valence-corrected chi connectivity index (χ0v) is 21.0. The van der Waals surface area contributed by atoms with Crippen molar-refractivity contribution in [3.05, 3.63) is 53.4 Å². The van der Waals surface area contributed by atoms with Gasteiger partial charge in [-0.1, -0.05) is 18.7 Å². The Labute approximate surface area is 210 Å². The minimum absolute atomic E-state index is 0.0142. The van der Waals surface area contributed by atoms with E-state index in [1.807, 2.05) is 22.8 Å². The van der Waals surface area contributed by atoms with Gasteiger partial charge in [-0.3, -0.25) is 9.48 Å². The maximum absolute atomic E-state index is 12.0. The van der Waals surface area contributed by atoms with E-state index in [4.69, 9.17) is 9.72 Å². The van der Waals surface area contributed by atoms with Crippen LogP contribution in [-0.4, -0.2) is 57.9 Å². The highest BCUT2D eigenvalue weighted by molar-refractivity contribution is 5.99. The summed E-state index contributed by atoms with van der Waals surface area (Å²) in [4.78, 5) is 21.3. The standard InChI is InChI=1S/C28H30N6O2/c1-5-23(35)34-15-28(16-34)8-9-33(14-28)27-20(11-29)25(21-13-36-18(3)10-22(21)31-27)24-17(2)6-7-19-12-30-32(4)26(19)24/h5-7,12,18H,1,8-10,13-16H2,2-4H3. The van der Waals surface area contributed by atoms with Crippen LogP contribution in [-0.2, 0) is 29.6 Å². The highest BCUT2D eigenvalue weighted by Crippen LogP contribution is 2.45. The number of aromatic nitrogens is 3. The second kappa shape index (κ2) is 8.17. The number of nitrogens with zero attached hydrogens (tertiary/aromatic N) is 6. The molecule has 2 aromatic heterocycles. The summed E-state index contributed by atoms with van der Waals surface area (Å²) in [5.41, 5.74) is 6.73. The van der Waals surface area contributed by atoms with Crippen LogP contribution in [0.25, 0.3) is 22.0 Å². The topological polar surface area (TPSA) is 87.3 Å². The Morgan fingerprint density at radius 3 is 2.86 bits per heavy atom. The van der Waals surface area contributed by atoms with Crippen LogP contribution in [0.5, 0.6) is 0 Å². The van der Waals surface area contributed by atoms with Crippen molar-refractivity contribution in [2.45, 2.75) is 39.4 Å². The minimum atomic E-state index is -0.0142. The van der Waals surface area contributed by atoms with Crippen molar-refractivity contribution in [2.75, 3.05) is 31.1 Å². The van der Waals surface area contributed by atoms with Gasteiger partial charge in [-0.2, -0.15) is 10.4 Å². The first kappa shape index (κ1) is 22.7. The predicted octanol–water partition coefficient (Wildman–Crippen LogP) is 3.50. The van der Waals surface area contributed by atoms with Gasteiger partial charge in [0.1, 0.15) is 17.5 Å². The average molecular weight is 483 g/mol. The number of nitriles is 1. The molecule has 1 atom stereocenters. The summed E-state index contributed by atoms with van der Waals surface area (Å²) in [5.74, 6) is 0.740. The van der Waals surface area contributed by atoms with Gasteiger partial charge < -0.3 is 14.5 Å². The van der Waals surface area contributed by atoms with Crippen LogP contribution in [0.4, 0.5) is 5.82 Å². The predicted molar refractivity (Wildman–Crippen MR) is 137 cm³/mol. The van der Waals surface area contributed by atoms with Crippen molar-refractivity contribution in [1.82, 2.24) is 19.7 Å². The van der Waals surface area contributed by atoms with Crippen LogP contribution in [0.2, 0.25) is 0 Å². The second-order valence-electron chi connectivity index (χ2n) is 10.6. The first-order chi connectivity index (χ1) is 17.3. The van der Waals surface area contributed by atoms with Gasteiger partial charge in [0.2, 0.25) is 5.91 Å². The molecule has 0 N–H and O–H groups in total. The monoisotopic (exact) mass is 482 g/mol. The molecule has 1 unspecified atom stereocenters. The Hall–Kier alpha value is -3.70. The SMILES string of the molecule is C=CC(=O)N1CC2(CCN(c3nc4c(c(-c5c(C)ccc6cnn(C)c56)c3C#N)COC(C)C4)C2)C1. The summed E-state index contributed by atoms with van der Waals surface area (Å²) in [6, 6.07) is 6.72. The van der Waals surface area contributed by atoms with Gasteiger partial charge in [-0.05, 0) is 31.9 Å². The highest BCUT2D eigenvalue weighted by atomic mass is 16.5. The number of pyridine rings is 1. The fourth-order valence-corrected chi connectivity index (χ4v) is 6.26. The third-order valence-electron chi connectivity index (χ3n) is 8.11. The molecule has 1 aromatic carbocycles. The molecule has 184 valence electrons. The maximum Gasteiger partial charge on any atom is 0.245 e. The summed E-state index contributed by atoms with van der Waals surface area (Å²) in [5, 5.41) is 16.1. The van der Waals surface area contributed by atoms with Crippen LogP contribution in [0.3, 0.4) is 0 Å². The number of ether oxygens (including phenoxy) is 1. The van der Waals surface area contributed by atoms with Crippen LogP contribution >= 0.6 is 0 Å². The lowest BCUT2D eigenvalue weighted by molar-refractivity contribution is -0.136. The van der Waals surface area contributed by atoms with E-state index in [-0.39, 0.29) is 17.4 Å². The number of fused-ring (bicyclic) bond motifs is 2. The van der Waals surface area contributed by atoms with Crippen molar-refractivity contribution >= 4 is 22.6 Å². The lowest BCUT2D eigenvalue weighted by Gasteiger charge is -2.47. The number of carbonyl (C=O) groups excluding carboxylic acids is 1. The van der Waals surface area contributed by atoms with E-state index in [9.17, 15) is 10.1 Å². The van der Waals surface area contributed by atoms with Crippen LogP contribution in [0.1, 0.15) is 35.7 Å². The Morgan fingerprint density at radius 2 is 2.11 bits per heavy atom. The Morgan fingerprint density at radius 1 is 1.31 bits per heavy atom. The number of carbonyl (C=O) groups is 1. The maximum atomic E-state index is 12.0. The average Bonchev–Trinajstić information content (AvgIpc) is 3.46.